The first-order chi connectivity index (χ1) is 9.36. The highest BCUT2D eigenvalue weighted by Crippen LogP contribution is 2.29. The zero-order valence-electron chi connectivity index (χ0n) is 11.7. The average Bonchev–Trinajstić information content (AvgIpc) is 3.10. The van der Waals surface area contributed by atoms with Gasteiger partial charge in [0.25, 0.3) is 0 Å². The van der Waals surface area contributed by atoms with Crippen LogP contribution in [0.1, 0.15) is 24.0 Å². The van der Waals surface area contributed by atoms with E-state index in [0.717, 1.165) is 24.7 Å². The first-order valence-electron chi connectivity index (χ1n) is 7.36. The predicted octanol–water partition coefficient (Wildman–Crippen LogP) is 2.90. The van der Waals surface area contributed by atoms with E-state index in [1.165, 1.54) is 41.9 Å². The Morgan fingerprint density at radius 3 is 3.21 bits per heavy atom. The summed E-state index contributed by atoms with van der Waals surface area (Å²) in [6.45, 7) is 0.858. The Bertz CT molecular complexity index is 429. The van der Waals surface area contributed by atoms with Gasteiger partial charge in [0, 0.05) is 12.5 Å². The molecule has 104 valence electrons. The third-order valence-corrected chi connectivity index (χ3v) is 5.59. The SMILES string of the molecule is CNC(CCc1ccc2c(c1)CCO2)C1CCSC1. The summed E-state index contributed by atoms with van der Waals surface area (Å²) in [7, 11) is 2.12. The molecule has 1 N–H and O–H groups in total. The zero-order chi connectivity index (χ0) is 13.1. The second kappa shape index (κ2) is 6.19. The van der Waals surface area contributed by atoms with E-state index < -0.39 is 0 Å². The fourth-order valence-electron chi connectivity index (χ4n) is 3.20. The van der Waals surface area contributed by atoms with Gasteiger partial charge in [-0.2, -0.15) is 11.8 Å². The first kappa shape index (κ1) is 13.3. The molecule has 0 saturated carbocycles. The fourth-order valence-corrected chi connectivity index (χ4v) is 4.54. The minimum Gasteiger partial charge on any atom is -0.493 e. The van der Waals surface area contributed by atoms with Crippen LogP contribution in [0.5, 0.6) is 5.75 Å². The van der Waals surface area contributed by atoms with Crippen molar-refractivity contribution < 1.29 is 4.74 Å². The summed E-state index contributed by atoms with van der Waals surface area (Å²) in [5.74, 6) is 4.65. The van der Waals surface area contributed by atoms with Crippen molar-refractivity contribution in [1.29, 1.82) is 0 Å². The number of benzene rings is 1. The monoisotopic (exact) mass is 277 g/mol. The van der Waals surface area contributed by atoms with Crippen LogP contribution >= 0.6 is 11.8 Å². The van der Waals surface area contributed by atoms with Crippen molar-refractivity contribution >= 4 is 11.8 Å². The highest BCUT2D eigenvalue weighted by molar-refractivity contribution is 7.99. The second-order valence-corrected chi connectivity index (χ2v) is 6.75. The van der Waals surface area contributed by atoms with E-state index in [2.05, 4.69) is 42.3 Å². The minimum atomic E-state index is 0.680. The van der Waals surface area contributed by atoms with Crippen molar-refractivity contribution in [2.45, 2.75) is 31.7 Å². The maximum Gasteiger partial charge on any atom is 0.122 e. The summed E-state index contributed by atoms with van der Waals surface area (Å²) in [6, 6.07) is 7.41. The van der Waals surface area contributed by atoms with E-state index in [9.17, 15) is 0 Å². The van der Waals surface area contributed by atoms with E-state index in [0.29, 0.717) is 6.04 Å². The fraction of sp³-hybridized carbons (Fsp3) is 0.625. The summed E-state index contributed by atoms with van der Waals surface area (Å²) in [6.07, 6.45) is 4.90. The molecule has 19 heavy (non-hydrogen) atoms. The molecule has 2 aliphatic heterocycles. The third kappa shape index (κ3) is 3.09. The van der Waals surface area contributed by atoms with Gasteiger partial charge in [0.1, 0.15) is 5.75 Å². The Morgan fingerprint density at radius 2 is 2.42 bits per heavy atom. The highest BCUT2D eigenvalue weighted by Gasteiger charge is 2.24. The average molecular weight is 277 g/mol. The number of ether oxygens (including phenoxy) is 1. The quantitative estimate of drug-likeness (QED) is 0.894. The zero-order valence-corrected chi connectivity index (χ0v) is 12.5. The number of hydrogen-bond donors (Lipinski definition) is 1. The van der Waals surface area contributed by atoms with Gasteiger partial charge in [0.15, 0.2) is 0 Å². The third-order valence-electron chi connectivity index (χ3n) is 4.40. The molecule has 0 radical (unpaired) electrons. The minimum absolute atomic E-state index is 0.680. The van der Waals surface area contributed by atoms with Gasteiger partial charge >= 0.3 is 0 Å². The molecule has 2 heterocycles. The largest absolute Gasteiger partial charge is 0.493 e. The molecule has 2 nitrogen and oxygen atoms in total. The Balaban J connectivity index is 1.58. The van der Waals surface area contributed by atoms with Crippen molar-refractivity contribution in [2.24, 2.45) is 5.92 Å². The van der Waals surface area contributed by atoms with Crippen LogP contribution < -0.4 is 10.1 Å². The molecule has 3 rings (SSSR count). The Morgan fingerprint density at radius 1 is 1.47 bits per heavy atom. The van der Waals surface area contributed by atoms with Gasteiger partial charge < -0.3 is 10.1 Å². The van der Waals surface area contributed by atoms with Crippen LogP contribution in [0.15, 0.2) is 18.2 Å². The number of thioether (sulfide) groups is 1. The molecule has 0 aliphatic carbocycles. The molecule has 1 fully saturated rings. The van der Waals surface area contributed by atoms with Crippen LogP contribution in [0.4, 0.5) is 0 Å². The van der Waals surface area contributed by atoms with Gasteiger partial charge in [-0.05, 0) is 60.9 Å². The summed E-state index contributed by atoms with van der Waals surface area (Å²) in [5.41, 5.74) is 2.87. The van der Waals surface area contributed by atoms with Crippen molar-refractivity contribution in [3.05, 3.63) is 29.3 Å². The number of fused-ring (bicyclic) bond motifs is 1. The van der Waals surface area contributed by atoms with Crippen LogP contribution in [-0.4, -0.2) is 31.2 Å². The summed E-state index contributed by atoms with van der Waals surface area (Å²) < 4.78 is 5.57. The van der Waals surface area contributed by atoms with Crippen molar-refractivity contribution in [2.75, 3.05) is 25.2 Å². The lowest BCUT2D eigenvalue weighted by atomic mass is 9.93. The maximum absolute atomic E-state index is 5.57. The van der Waals surface area contributed by atoms with Crippen LogP contribution in [-0.2, 0) is 12.8 Å². The lowest BCUT2D eigenvalue weighted by Gasteiger charge is -2.22. The van der Waals surface area contributed by atoms with Crippen LogP contribution in [0.2, 0.25) is 0 Å². The Labute approximate surface area is 120 Å². The molecule has 3 heteroatoms. The molecule has 2 atom stereocenters. The van der Waals surface area contributed by atoms with Gasteiger partial charge in [0.2, 0.25) is 0 Å². The van der Waals surface area contributed by atoms with Crippen LogP contribution in [0, 0.1) is 5.92 Å². The van der Waals surface area contributed by atoms with E-state index in [1.807, 2.05) is 0 Å². The molecule has 2 unspecified atom stereocenters. The van der Waals surface area contributed by atoms with E-state index in [1.54, 1.807) is 0 Å². The first-order valence-corrected chi connectivity index (χ1v) is 8.52. The molecule has 2 aliphatic rings. The maximum atomic E-state index is 5.57. The molecule has 0 aromatic heterocycles. The molecule has 0 amide bonds. The molecule has 1 aromatic rings. The van der Waals surface area contributed by atoms with E-state index in [4.69, 9.17) is 4.74 Å². The van der Waals surface area contributed by atoms with Crippen LogP contribution in [0.3, 0.4) is 0 Å². The van der Waals surface area contributed by atoms with Crippen molar-refractivity contribution in [3.63, 3.8) is 0 Å². The number of aryl methyl sites for hydroxylation is 1. The molecular formula is C16H23NOS. The van der Waals surface area contributed by atoms with Gasteiger partial charge in [-0.1, -0.05) is 12.1 Å². The number of nitrogens with one attached hydrogen (secondary N) is 1. The number of rotatable bonds is 5. The van der Waals surface area contributed by atoms with Gasteiger partial charge in [0.05, 0.1) is 6.61 Å². The van der Waals surface area contributed by atoms with Gasteiger partial charge in [-0.15, -0.1) is 0 Å². The Hall–Kier alpha value is -0.670. The smallest absolute Gasteiger partial charge is 0.122 e. The second-order valence-electron chi connectivity index (χ2n) is 5.60. The molecule has 0 spiro atoms. The lowest BCUT2D eigenvalue weighted by molar-refractivity contribution is 0.356. The van der Waals surface area contributed by atoms with E-state index in [-0.39, 0.29) is 0 Å². The van der Waals surface area contributed by atoms with Gasteiger partial charge in [-0.3, -0.25) is 0 Å². The number of hydrogen-bond acceptors (Lipinski definition) is 3. The molecule has 1 aromatic carbocycles. The summed E-state index contributed by atoms with van der Waals surface area (Å²) >= 11 is 2.11. The standard InChI is InChI=1S/C16H23NOS/c1-17-15(14-7-9-19-11-14)4-2-12-3-5-16-13(10-12)6-8-18-16/h3,5,10,14-15,17H,2,4,6-9,11H2,1H3. The topological polar surface area (TPSA) is 21.3 Å². The Kier molecular flexibility index (Phi) is 4.34. The van der Waals surface area contributed by atoms with Crippen LogP contribution in [0.25, 0.3) is 0 Å². The van der Waals surface area contributed by atoms with Gasteiger partial charge in [-0.25, -0.2) is 0 Å². The molecule has 0 bridgehead atoms. The van der Waals surface area contributed by atoms with Crippen molar-refractivity contribution in [1.82, 2.24) is 5.32 Å². The molecule has 1 saturated heterocycles. The summed E-state index contributed by atoms with van der Waals surface area (Å²) in [4.78, 5) is 0. The van der Waals surface area contributed by atoms with Crippen molar-refractivity contribution in [3.8, 4) is 5.75 Å². The normalized spacial score (nSPS) is 23.1. The van der Waals surface area contributed by atoms with E-state index >= 15 is 0 Å². The lowest BCUT2D eigenvalue weighted by Crippen LogP contribution is -2.34. The molecular weight excluding hydrogens is 254 g/mol. The highest BCUT2D eigenvalue weighted by atomic mass is 32.2. The summed E-state index contributed by atoms with van der Waals surface area (Å²) in [5, 5.41) is 3.53. The predicted molar refractivity (Wildman–Crippen MR) is 82.2 cm³/mol.